The lowest BCUT2D eigenvalue weighted by molar-refractivity contribution is 0.0474. The van der Waals surface area contributed by atoms with Crippen LogP contribution in [0.4, 0.5) is 5.69 Å². The van der Waals surface area contributed by atoms with Crippen LogP contribution in [0.15, 0.2) is 36.4 Å². The molecule has 0 aromatic heterocycles. The summed E-state index contributed by atoms with van der Waals surface area (Å²) in [4.78, 5) is 12.0. The lowest BCUT2D eigenvalue weighted by Gasteiger charge is -2.09. The highest BCUT2D eigenvalue weighted by molar-refractivity contribution is 6.37. The molecule has 0 radical (unpaired) electrons. The van der Waals surface area contributed by atoms with Gasteiger partial charge in [0, 0.05) is 10.0 Å². The molecule has 0 heterocycles. The van der Waals surface area contributed by atoms with Crippen molar-refractivity contribution in [1.29, 1.82) is 0 Å². The van der Waals surface area contributed by atoms with Crippen LogP contribution >= 0.6 is 34.8 Å². The zero-order valence-electron chi connectivity index (χ0n) is 10.2. The number of ether oxygens (including phenoxy) is 1. The molecule has 6 heteroatoms. The van der Waals surface area contributed by atoms with Gasteiger partial charge >= 0.3 is 5.97 Å². The van der Waals surface area contributed by atoms with Gasteiger partial charge in [0.25, 0.3) is 0 Å². The van der Waals surface area contributed by atoms with Crippen molar-refractivity contribution in [3.8, 4) is 0 Å². The quantitative estimate of drug-likeness (QED) is 0.661. The highest BCUT2D eigenvalue weighted by atomic mass is 35.5. The number of hydrogen-bond acceptors (Lipinski definition) is 3. The normalized spacial score (nSPS) is 10.3. The largest absolute Gasteiger partial charge is 0.457 e. The average Bonchev–Trinajstić information content (AvgIpc) is 2.40. The number of esters is 1. The Balaban J connectivity index is 2.13. The van der Waals surface area contributed by atoms with Crippen LogP contribution in [0.3, 0.4) is 0 Å². The van der Waals surface area contributed by atoms with E-state index in [1.165, 1.54) is 12.1 Å². The second-order valence-corrected chi connectivity index (χ2v) is 5.33. The molecule has 2 N–H and O–H groups in total. The Labute approximate surface area is 131 Å². The van der Waals surface area contributed by atoms with Crippen LogP contribution in [0.25, 0.3) is 0 Å². The van der Waals surface area contributed by atoms with Crippen molar-refractivity contribution in [3.05, 3.63) is 62.6 Å². The third-order valence-electron chi connectivity index (χ3n) is 2.57. The number of nitrogens with two attached hydrogens (primary N) is 1. The van der Waals surface area contributed by atoms with Crippen LogP contribution in [-0.4, -0.2) is 5.97 Å². The van der Waals surface area contributed by atoms with E-state index in [4.69, 9.17) is 45.3 Å². The molecule has 0 unspecified atom stereocenters. The van der Waals surface area contributed by atoms with Gasteiger partial charge in [-0.05, 0) is 29.8 Å². The average molecular weight is 331 g/mol. The third-order valence-corrected chi connectivity index (χ3v) is 3.34. The molecule has 0 bridgehead atoms. The van der Waals surface area contributed by atoms with Gasteiger partial charge in [-0.15, -0.1) is 0 Å². The first-order valence-electron chi connectivity index (χ1n) is 5.63. The van der Waals surface area contributed by atoms with E-state index in [2.05, 4.69) is 0 Å². The Morgan fingerprint density at radius 2 is 1.85 bits per heavy atom. The highest BCUT2D eigenvalue weighted by Gasteiger charge is 2.15. The summed E-state index contributed by atoms with van der Waals surface area (Å²) in [5, 5.41) is 1.11. The second kappa shape index (κ2) is 6.35. The molecular weight excluding hydrogens is 321 g/mol. The summed E-state index contributed by atoms with van der Waals surface area (Å²) in [6.07, 6.45) is 0. The molecule has 0 atom stereocenters. The first-order valence-corrected chi connectivity index (χ1v) is 6.77. The first-order chi connectivity index (χ1) is 9.47. The van der Waals surface area contributed by atoms with Crippen molar-refractivity contribution in [3.63, 3.8) is 0 Å². The Bertz CT molecular complexity index is 659. The number of hydrogen-bond donors (Lipinski definition) is 1. The van der Waals surface area contributed by atoms with Crippen molar-refractivity contribution in [2.45, 2.75) is 6.61 Å². The summed E-state index contributed by atoms with van der Waals surface area (Å²) in [6.45, 7) is 0.0863. The minimum absolute atomic E-state index is 0.0863. The minimum Gasteiger partial charge on any atom is -0.457 e. The Hall–Kier alpha value is -1.42. The highest BCUT2D eigenvalue weighted by Crippen LogP contribution is 2.28. The molecule has 0 saturated carbocycles. The van der Waals surface area contributed by atoms with Gasteiger partial charge in [0.15, 0.2) is 0 Å². The fourth-order valence-corrected chi connectivity index (χ4v) is 2.31. The van der Waals surface area contributed by atoms with E-state index in [-0.39, 0.29) is 22.9 Å². The molecule has 3 nitrogen and oxygen atoms in total. The maximum Gasteiger partial charge on any atom is 0.340 e. The van der Waals surface area contributed by atoms with Crippen molar-refractivity contribution in [2.24, 2.45) is 0 Å². The predicted molar refractivity (Wildman–Crippen MR) is 81.4 cm³/mol. The third kappa shape index (κ3) is 3.57. The second-order valence-electron chi connectivity index (χ2n) is 4.05. The molecule has 0 fully saturated rings. The smallest absolute Gasteiger partial charge is 0.340 e. The lowest BCUT2D eigenvalue weighted by atomic mass is 10.2. The number of halogens is 3. The number of carbonyl (C=O) groups excluding carboxylic acids is 1. The van der Waals surface area contributed by atoms with Gasteiger partial charge in [-0.25, -0.2) is 4.79 Å². The topological polar surface area (TPSA) is 52.3 Å². The summed E-state index contributed by atoms with van der Waals surface area (Å²) in [7, 11) is 0. The molecule has 0 aliphatic carbocycles. The van der Waals surface area contributed by atoms with Crippen LogP contribution in [0.2, 0.25) is 15.1 Å². The van der Waals surface area contributed by atoms with Crippen molar-refractivity contribution in [1.82, 2.24) is 0 Å². The fourth-order valence-electron chi connectivity index (χ4n) is 1.61. The van der Waals surface area contributed by atoms with E-state index < -0.39 is 5.97 Å². The summed E-state index contributed by atoms with van der Waals surface area (Å²) in [5.41, 5.74) is 6.80. The van der Waals surface area contributed by atoms with Gasteiger partial charge < -0.3 is 10.5 Å². The summed E-state index contributed by atoms with van der Waals surface area (Å²) >= 11 is 17.6. The molecule has 104 valence electrons. The summed E-state index contributed by atoms with van der Waals surface area (Å²) < 4.78 is 5.17. The number of rotatable bonds is 3. The van der Waals surface area contributed by atoms with Gasteiger partial charge in [0.05, 0.1) is 16.3 Å². The molecule has 2 aromatic carbocycles. The van der Waals surface area contributed by atoms with Gasteiger partial charge in [0.1, 0.15) is 6.61 Å². The monoisotopic (exact) mass is 329 g/mol. The summed E-state index contributed by atoms with van der Waals surface area (Å²) in [6, 6.07) is 9.91. The van der Waals surface area contributed by atoms with E-state index in [0.29, 0.717) is 10.0 Å². The SMILES string of the molecule is Nc1c(Cl)cc(Cl)cc1C(=O)OCc1cccc(Cl)c1. The lowest BCUT2D eigenvalue weighted by Crippen LogP contribution is -2.08. The molecule has 0 saturated heterocycles. The number of benzene rings is 2. The maximum atomic E-state index is 12.0. The first kappa shape index (κ1) is 15.0. The van der Waals surface area contributed by atoms with Gasteiger partial charge in [0.2, 0.25) is 0 Å². The number of nitrogen functional groups attached to an aromatic ring is 1. The van der Waals surface area contributed by atoms with Crippen LogP contribution < -0.4 is 5.73 Å². The van der Waals surface area contributed by atoms with Crippen molar-refractivity contribution < 1.29 is 9.53 Å². The van der Waals surface area contributed by atoms with Gasteiger partial charge in [-0.2, -0.15) is 0 Å². The molecular formula is C14H10Cl3NO2. The molecule has 2 aromatic rings. The predicted octanol–water partition coefficient (Wildman–Crippen LogP) is 4.59. The van der Waals surface area contributed by atoms with Crippen molar-refractivity contribution >= 4 is 46.5 Å². The van der Waals surface area contributed by atoms with Gasteiger partial charge in [-0.1, -0.05) is 46.9 Å². The Kier molecular flexibility index (Phi) is 4.76. The molecule has 0 spiro atoms. The standard InChI is InChI=1S/C14H10Cl3NO2/c15-9-3-1-2-8(4-9)7-20-14(19)11-5-10(16)6-12(17)13(11)18/h1-6H,7,18H2. The van der Waals surface area contributed by atoms with E-state index in [1.807, 2.05) is 0 Å². The van der Waals surface area contributed by atoms with Crippen LogP contribution in [0.1, 0.15) is 15.9 Å². The molecule has 0 aliphatic rings. The Morgan fingerprint density at radius 3 is 2.55 bits per heavy atom. The molecule has 2 rings (SSSR count). The van der Waals surface area contributed by atoms with Crippen LogP contribution in [-0.2, 0) is 11.3 Å². The van der Waals surface area contributed by atoms with Gasteiger partial charge in [-0.3, -0.25) is 0 Å². The van der Waals surface area contributed by atoms with Crippen LogP contribution in [0.5, 0.6) is 0 Å². The zero-order chi connectivity index (χ0) is 14.7. The zero-order valence-corrected chi connectivity index (χ0v) is 12.5. The minimum atomic E-state index is -0.591. The number of anilines is 1. The molecule has 0 aliphatic heterocycles. The molecule has 0 amide bonds. The Morgan fingerprint density at radius 1 is 1.10 bits per heavy atom. The van der Waals surface area contributed by atoms with Crippen LogP contribution in [0, 0.1) is 0 Å². The fraction of sp³-hybridized carbons (Fsp3) is 0.0714. The van der Waals surface area contributed by atoms with Crippen molar-refractivity contribution in [2.75, 3.05) is 5.73 Å². The van der Waals surface area contributed by atoms with E-state index >= 15 is 0 Å². The van der Waals surface area contributed by atoms with E-state index in [0.717, 1.165) is 5.56 Å². The molecule has 20 heavy (non-hydrogen) atoms. The summed E-state index contributed by atoms with van der Waals surface area (Å²) in [5.74, 6) is -0.591. The number of carbonyl (C=O) groups is 1. The van der Waals surface area contributed by atoms with E-state index in [1.54, 1.807) is 24.3 Å². The van der Waals surface area contributed by atoms with E-state index in [9.17, 15) is 4.79 Å². The maximum absolute atomic E-state index is 12.0.